The van der Waals surface area contributed by atoms with E-state index in [9.17, 15) is 13.2 Å². The van der Waals surface area contributed by atoms with Gasteiger partial charge in [0.1, 0.15) is 18.8 Å². The molecule has 1 heterocycles. The van der Waals surface area contributed by atoms with Gasteiger partial charge in [0.25, 0.3) is 0 Å². The molecule has 2 aromatic carbocycles. The Morgan fingerprint density at radius 2 is 1.93 bits per heavy atom. The molecule has 1 aliphatic rings. The molecule has 1 aliphatic heterocycles. The van der Waals surface area contributed by atoms with Crippen LogP contribution in [0.5, 0.6) is 11.5 Å². The number of hydrogen-bond donors (Lipinski definition) is 1. The summed E-state index contributed by atoms with van der Waals surface area (Å²) in [5, 5.41) is 2.82. The molecule has 0 aromatic heterocycles. The minimum Gasteiger partial charge on any atom is -0.486 e. The molecule has 0 fully saturated rings. The average Bonchev–Trinajstić information content (AvgIpc) is 2.69. The summed E-state index contributed by atoms with van der Waals surface area (Å²) in [4.78, 5) is 12.9. The van der Waals surface area contributed by atoms with Gasteiger partial charge in [-0.25, -0.2) is 8.42 Å². The van der Waals surface area contributed by atoms with E-state index in [1.54, 1.807) is 31.2 Å². The Hall–Kier alpha value is -2.74. The van der Waals surface area contributed by atoms with Gasteiger partial charge in [0.05, 0.1) is 18.5 Å². The lowest BCUT2D eigenvalue weighted by molar-refractivity contribution is -0.122. The second kappa shape index (κ2) is 8.73. The molecule has 0 radical (unpaired) electrons. The molecule has 2 aromatic rings. The Morgan fingerprint density at radius 1 is 1.21 bits per heavy atom. The molecule has 0 saturated heterocycles. The summed E-state index contributed by atoms with van der Waals surface area (Å²) in [6.07, 6.45) is 1.09. The number of carbonyl (C=O) groups excluding carboxylic acids is 1. The van der Waals surface area contributed by atoms with Crippen molar-refractivity contribution >= 4 is 21.6 Å². The van der Waals surface area contributed by atoms with E-state index in [1.165, 1.54) is 4.31 Å². The normalized spacial score (nSPS) is 16.7. The molecule has 0 aliphatic carbocycles. The second-order valence-corrected chi connectivity index (χ2v) is 8.92. The highest BCUT2D eigenvalue weighted by Crippen LogP contribution is 2.30. The van der Waals surface area contributed by atoms with Gasteiger partial charge in [0, 0.05) is 0 Å². The van der Waals surface area contributed by atoms with E-state index in [0.717, 1.165) is 11.8 Å². The van der Waals surface area contributed by atoms with Gasteiger partial charge in [-0.1, -0.05) is 31.2 Å². The fourth-order valence-corrected chi connectivity index (χ4v) is 4.52. The van der Waals surface area contributed by atoms with Crippen LogP contribution in [-0.2, 0) is 14.8 Å². The molecule has 1 amide bonds. The van der Waals surface area contributed by atoms with E-state index in [2.05, 4.69) is 5.32 Å². The fraction of sp³-hybridized carbons (Fsp3) is 0.381. The van der Waals surface area contributed by atoms with Crippen LogP contribution in [0.25, 0.3) is 0 Å². The number of ether oxygens (including phenoxy) is 2. The van der Waals surface area contributed by atoms with Gasteiger partial charge in [-0.2, -0.15) is 0 Å². The summed E-state index contributed by atoms with van der Waals surface area (Å²) >= 11 is 0. The van der Waals surface area contributed by atoms with Gasteiger partial charge >= 0.3 is 0 Å². The van der Waals surface area contributed by atoms with Crippen LogP contribution in [0.3, 0.4) is 0 Å². The topological polar surface area (TPSA) is 84.9 Å². The number of para-hydroxylation sites is 2. The third-order valence-electron chi connectivity index (χ3n) is 4.66. The Labute approximate surface area is 171 Å². The van der Waals surface area contributed by atoms with Crippen molar-refractivity contribution in [2.75, 3.05) is 23.7 Å². The van der Waals surface area contributed by atoms with E-state index >= 15 is 0 Å². The molecule has 0 saturated carbocycles. The van der Waals surface area contributed by atoms with Crippen molar-refractivity contribution in [2.45, 2.75) is 32.4 Å². The Kier molecular flexibility index (Phi) is 6.32. The van der Waals surface area contributed by atoms with Crippen molar-refractivity contribution in [1.82, 2.24) is 5.32 Å². The summed E-state index contributed by atoms with van der Waals surface area (Å²) in [6.45, 7) is 4.19. The zero-order valence-electron chi connectivity index (χ0n) is 16.8. The number of nitrogens with zero attached hydrogens (tertiary/aromatic N) is 1. The SMILES string of the molecule is CC[C@H](C(=O)NC[C@@H]1COc2ccccc2O1)N(c1cccc(C)c1)S(C)(=O)=O. The van der Waals surface area contributed by atoms with Gasteiger partial charge in [-0.15, -0.1) is 0 Å². The van der Waals surface area contributed by atoms with Crippen molar-refractivity contribution in [3.8, 4) is 11.5 Å². The maximum atomic E-state index is 12.9. The van der Waals surface area contributed by atoms with Crippen LogP contribution in [0.15, 0.2) is 48.5 Å². The fourth-order valence-electron chi connectivity index (χ4n) is 3.32. The molecule has 8 heteroatoms. The predicted octanol–water partition coefficient (Wildman–Crippen LogP) is 2.50. The number of rotatable bonds is 7. The first-order chi connectivity index (χ1) is 13.8. The van der Waals surface area contributed by atoms with E-state index in [-0.39, 0.29) is 18.6 Å². The van der Waals surface area contributed by atoms with E-state index in [4.69, 9.17) is 9.47 Å². The number of hydrogen-bond acceptors (Lipinski definition) is 5. The zero-order chi connectivity index (χ0) is 21.0. The number of carbonyl (C=O) groups is 1. The van der Waals surface area contributed by atoms with Crippen molar-refractivity contribution in [3.05, 3.63) is 54.1 Å². The van der Waals surface area contributed by atoms with Gasteiger partial charge in [-0.05, 0) is 43.2 Å². The molecule has 0 bridgehead atoms. The summed E-state index contributed by atoms with van der Waals surface area (Å²) in [5.74, 6) is 0.925. The number of fused-ring (bicyclic) bond motifs is 1. The Bertz CT molecular complexity index is 977. The second-order valence-electron chi connectivity index (χ2n) is 7.06. The maximum absolute atomic E-state index is 12.9. The van der Waals surface area contributed by atoms with Crippen LogP contribution in [-0.4, -0.2) is 45.9 Å². The lowest BCUT2D eigenvalue weighted by Crippen LogP contribution is -2.51. The predicted molar refractivity (Wildman–Crippen MR) is 112 cm³/mol. The summed E-state index contributed by atoms with van der Waals surface area (Å²) in [6, 6.07) is 13.6. The molecule has 29 heavy (non-hydrogen) atoms. The van der Waals surface area contributed by atoms with Crippen LogP contribution in [0, 0.1) is 6.92 Å². The average molecular weight is 419 g/mol. The molecule has 1 N–H and O–H groups in total. The third-order valence-corrected chi connectivity index (χ3v) is 5.84. The largest absolute Gasteiger partial charge is 0.486 e. The third kappa shape index (κ3) is 5.00. The number of benzene rings is 2. The van der Waals surface area contributed by atoms with E-state index in [1.807, 2.05) is 31.2 Å². The first kappa shape index (κ1) is 21.0. The highest BCUT2D eigenvalue weighted by atomic mass is 32.2. The molecule has 3 rings (SSSR count). The van der Waals surface area contributed by atoms with E-state index < -0.39 is 16.1 Å². The number of nitrogens with one attached hydrogen (secondary N) is 1. The monoisotopic (exact) mass is 418 g/mol. The standard InChI is InChI=1S/C21H26N2O5S/c1-4-18(23(29(3,25)26)16-9-7-8-15(2)12-16)21(24)22-13-17-14-27-19-10-5-6-11-20(19)28-17/h5-12,17-18H,4,13-14H2,1-3H3,(H,22,24)/t17-,18-/m1/s1. The highest BCUT2D eigenvalue weighted by Gasteiger charge is 2.32. The number of anilines is 1. The first-order valence-electron chi connectivity index (χ1n) is 9.52. The van der Waals surface area contributed by atoms with Crippen molar-refractivity contribution in [1.29, 1.82) is 0 Å². The Morgan fingerprint density at radius 3 is 2.59 bits per heavy atom. The van der Waals surface area contributed by atoms with Crippen molar-refractivity contribution in [2.24, 2.45) is 0 Å². The van der Waals surface area contributed by atoms with Crippen LogP contribution in [0.2, 0.25) is 0 Å². The first-order valence-corrected chi connectivity index (χ1v) is 11.4. The Balaban J connectivity index is 1.72. The molecule has 0 spiro atoms. The van der Waals surface area contributed by atoms with Crippen molar-refractivity contribution in [3.63, 3.8) is 0 Å². The number of amides is 1. The van der Waals surface area contributed by atoms with Crippen LogP contribution in [0.1, 0.15) is 18.9 Å². The molecular formula is C21H26N2O5S. The van der Waals surface area contributed by atoms with E-state index in [0.29, 0.717) is 30.2 Å². The van der Waals surface area contributed by atoms with Crippen molar-refractivity contribution < 1.29 is 22.7 Å². The van der Waals surface area contributed by atoms with Crippen LogP contribution < -0.4 is 19.1 Å². The number of sulfonamides is 1. The highest BCUT2D eigenvalue weighted by molar-refractivity contribution is 7.92. The van der Waals surface area contributed by atoms with Crippen LogP contribution >= 0.6 is 0 Å². The molecule has 7 nitrogen and oxygen atoms in total. The summed E-state index contributed by atoms with van der Waals surface area (Å²) in [5.41, 5.74) is 1.39. The smallest absolute Gasteiger partial charge is 0.244 e. The van der Waals surface area contributed by atoms with Gasteiger partial charge < -0.3 is 14.8 Å². The minimum absolute atomic E-state index is 0.217. The quantitative estimate of drug-likeness (QED) is 0.747. The number of aryl methyl sites for hydroxylation is 1. The lowest BCUT2D eigenvalue weighted by Gasteiger charge is -2.31. The molecule has 2 atom stereocenters. The maximum Gasteiger partial charge on any atom is 0.244 e. The molecule has 156 valence electrons. The summed E-state index contributed by atoms with van der Waals surface area (Å²) in [7, 11) is -3.66. The van der Waals surface area contributed by atoms with Gasteiger partial charge in [-0.3, -0.25) is 9.10 Å². The zero-order valence-corrected chi connectivity index (χ0v) is 17.6. The summed E-state index contributed by atoms with van der Waals surface area (Å²) < 4.78 is 37.7. The van der Waals surface area contributed by atoms with Crippen LogP contribution in [0.4, 0.5) is 5.69 Å². The molecular weight excluding hydrogens is 392 g/mol. The van der Waals surface area contributed by atoms with Gasteiger partial charge in [0.2, 0.25) is 15.9 Å². The molecule has 0 unspecified atom stereocenters. The van der Waals surface area contributed by atoms with Gasteiger partial charge in [0.15, 0.2) is 11.5 Å². The lowest BCUT2D eigenvalue weighted by atomic mass is 10.1. The minimum atomic E-state index is -3.66.